The van der Waals surface area contributed by atoms with Gasteiger partial charge in [-0.15, -0.1) is 0 Å². The summed E-state index contributed by atoms with van der Waals surface area (Å²) < 4.78 is 15.2. The van der Waals surface area contributed by atoms with Crippen molar-refractivity contribution in [1.82, 2.24) is 0 Å². The Labute approximate surface area is 130 Å². The fourth-order valence-corrected chi connectivity index (χ4v) is 2.25. The number of methoxy groups -OCH3 is 3. The van der Waals surface area contributed by atoms with Crippen molar-refractivity contribution in [3.8, 4) is 11.5 Å². The number of benzene rings is 2. The van der Waals surface area contributed by atoms with Gasteiger partial charge in [-0.2, -0.15) is 0 Å². The van der Waals surface area contributed by atoms with E-state index in [1.54, 1.807) is 26.4 Å². The highest BCUT2D eigenvalue weighted by Gasteiger charge is 2.06. The molecule has 4 heteroatoms. The number of hydrogen-bond acceptors (Lipinski definition) is 4. The summed E-state index contributed by atoms with van der Waals surface area (Å²) >= 11 is 0. The van der Waals surface area contributed by atoms with Gasteiger partial charge in [-0.25, -0.2) is 4.79 Å². The Morgan fingerprint density at radius 3 is 2.00 bits per heavy atom. The van der Waals surface area contributed by atoms with Crippen molar-refractivity contribution in [1.29, 1.82) is 0 Å². The van der Waals surface area contributed by atoms with Crippen LogP contribution >= 0.6 is 0 Å². The lowest BCUT2D eigenvalue weighted by atomic mass is 10.0. The molecule has 2 aromatic carbocycles. The third-order valence-corrected chi connectivity index (χ3v) is 3.53. The van der Waals surface area contributed by atoms with Crippen LogP contribution in [0.25, 0.3) is 0 Å². The standard InChI is InChI=1S/C18H20O4/c1-20-16-11-8-14(12-17(16)21-2)5-4-13-6-9-15(10-7-13)18(19)22-3/h6-12H,4-5H2,1-3H3. The minimum absolute atomic E-state index is 0.313. The molecule has 0 aromatic heterocycles. The van der Waals surface area contributed by atoms with E-state index < -0.39 is 0 Å². The van der Waals surface area contributed by atoms with Crippen LogP contribution < -0.4 is 9.47 Å². The third-order valence-electron chi connectivity index (χ3n) is 3.53. The number of esters is 1. The van der Waals surface area contributed by atoms with E-state index in [1.807, 2.05) is 30.3 Å². The molecule has 0 aliphatic carbocycles. The van der Waals surface area contributed by atoms with Crippen molar-refractivity contribution in [2.45, 2.75) is 12.8 Å². The highest BCUT2D eigenvalue weighted by Crippen LogP contribution is 2.28. The zero-order chi connectivity index (χ0) is 15.9. The topological polar surface area (TPSA) is 44.8 Å². The van der Waals surface area contributed by atoms with Gasteiger partial charge in [0.15, 0.2) is 11.5 Å². The molecule has 0 aliphatic heterocycles. The largest absolute Gasteiger partial charge is 0.493 e. The summed E-state index contributed by atoms with van der Waals surface area (Å²) in [4.78, 5) is 11.4. The number of carbonyl (C=O) groups excluding carboxylic acids is 1. The Bertz CT molecular complexity index is 632. The summed E-state index contributed by atoms with van der Waals surface area (Å²) in [6, 6.07) is 13.4. The van der Waals surface area contributed by atoms with E-state index in [-0.39, 0.29) is 5.97 Å². The van der Waals surface area contributed by atoms with E-state index in [9.17, 15) is 4.79 Å². The molecule has 0 N–H and O–H groups in total. The maximum atomic E-state index is 11.4. The Morgan fingerprint density at radius 2 is 1.41 bits per heavy atom. The second kappa shape index (κ2) is 7.50. The molecule has 0 radical (unpaired) electrons. The van der Waals surface area contributed by atoms with E-state index in [0.717, 1.165) is 24.3 Å². The monoisotopic (exact) mass is 300 g/mol. The van der Waals surface area contributed by atoms with Gasteiger partial charge < -0.3 is 14.2 Å². The first-order valence-electron chi connectivity index (χ1n) is 7.06. The Morgan fingerprint density at radius 1 is 0.818 bits per heavy atom. The van der Waals surface area contributed by atoms with Gasteiger partial charge in [-0.3, -0.25) is 0 Å². The molecule has 0 bridgehead atoms. The second-order valence-electron chi connectivity index (χ2n) is 4.88. The van der Waals surface area contributed by atoms with Gasteiger partial charge >= 0.3 is 5.97 Å². The lowest BCUT2D eigenvalue weighted by Gasteiger charge is -2.09. The highest BCUT2D eigenvalue weighted by molar-refractivity contribution is 5.89. The van der Waals surface area contributed by atoms with Crippen molar-refractivity contribution < 1.29 is 19.0 Å². The summed E-state index contributed by atoms with van der Waals surface area (Å²) in [5.41, 5.74) is 2.91. The lowest BCUT2D eigenvalue weighted by Crippen LogP contribution is -2.01. The van der Waals surface area contributed by atoms with Crippen LogP contribution in [0.1, 0.15) is 21.5 Å². The number of rotatable bonds is 6. The van der Waals surface area contributed by atoms with E-state index >= 15 is 0 Å². The van der Waals surface area contributed by atoms with Crippen molar-refractivity contribution >= 4 is 5.97 Å². The SMILES string of the molecule is COC(=O)c1ccc(CCc2ccc(OC)c(OC)c2)cc1. The van der Waals surface area contributed by atoms with Crippen molar-refractivity contribution in [2.24, 2.45) is 0 Å². The van der Waals surface area contributed by atoms with E-state index in [0.29, 0.717) is 5.56 Å². The zero-order valence-electron chi connectivity index (χ0n) is 13.1. The lowest BCUT2D eigenvalue weighted by molar-refractivity contribution is 0.0600. The van der Waals surface area contributed by atoms with Gasteiger partial charge in [0.25, 0.3) is 0 Å². The smallest absolute Gasteiger partial charge is 0.337 e. The molecule has 2 aromatic rings. The van der Waals surface area contributed by atoms with Crippen LogP contribution in [-0.2, 0) is 17.6 Å². The van der Waals surface area contributed by atoms with Crippen LogP contribution in [0.5, 0.6) is 11.5 Å². The molecule has 0 spiro atoms. The zero-order valence-corrected chi connectivity index (χ0v) is 13.1. The van der Waals surface area contributed by atoms with Gasteiger partial charge in [0.05, 0.1) is 26.9 Å². The van der Waals surface area contributed by atoms with E-state index in [1.165, 1.54) is 18.2 Å². The summed E-state index contributed by atoms with van der Waals surface area (Å²) in [5.74, 6) is 1.15. The fraction of sp³-hybridized carbons (Fsp3) is 0.278. The second-order valence-corrected chi connectivity index (χ2v) is 4.88. The van der Waals surface area contributed by atoms with Crippen LogP contribution in [0.15, 0.2) is 42.5 Å². The Balaban J connectivity index is 2.02. The number of aryl methyl sites for hydroxylation is 2. The number of hydrogen-bond donors (Lipinski definition) is 0. The number of carbonyl (C=O) groups is 1. The average molecular weight is 300 g/mol. The molecule has 0 fully saturated rings. The number of ether oxygens (including phenoxy) is 3. The molecular formula is C18H20O4. The van der Waals surface area contributed by atoms with Crippen LogP contribution in [0.2, 0.25) is 0 Å². The molecule has 0 amide bonds. The van der Waals surface area contributed by atoms with Gasteiger partial charge in [0.1, 0.15) is 0 Å². The Hall–Kier alpha value is -2.49. The van der Waals surface area contributed by atoms with Crippen molar-refractivity contribution in [3.63, 3.8) is 0 Å². The molecule has 0 saturated carbocycles. The average Bonchev–Trinajstić information content (AvgIpc) is 2.59. The highest BCUT2D eigenvalue weighted by atomic mass is 16.5. The quantitative estimate of drug-likeness (QED) is 0.768. The third kappa shape index (κ3) is 3.79. The van der Waals surface area contributed by atoms with E-state index in [4.69, 9.17) is 9.47 Å². The minimum atomic E-state index is -0.313. The molecule has 2 rings (SSSR count). The van der Waals surface area contributed by atoms with Crippen LogP contribution in [0, 0.1) is 0 Å². The Kier molecular flexibility index (Phi) is 5.42. The van der Waals surface area contributed by atoms with Crippen molar-refractivity contribution in [2.75, 3.05) is 21.3 Å². The maximum absolute atomic E-state index is 11.4. The first-order valence-corrected chi connectivity index (χ1v) is 7.06. The summed E-state index contributed by atoms with van der Waals surface area (Å²) in [6.45, 7) is 0. The molecule has 0 aliphatic rings. The molecular weight excluding hydrogens is 280 g/mol. The molecule has 4 nitrogen and oxygen atoms in total. The summed E-state index contributed by atoms with van der Waals surface area (Å²) in [5, 5.41) is 0. The maximum Gasteiger partial charge on any atom is 0.337 e. The first-order chi connectivity index (χ1) is 10.7. The van der Waals surface area contributed by atoms with Gasteiger partial charge in [-0.05, 0) is 48.2 Å². The van der Waals surface area contributed by atoms with Gasteiger partial charge in [0.2, 0.25) is 0 Å². The molecule has 0 unspecified atom stereocenters. The normalized spacial score (nSPS) is 10.1. The van der Waals surface area contributed by atoms with Crippen LogP contribution in [0.3, 0.4) is 0 Å². The summed E-state index contributed by atoms with van der Waals surface area (Å²) in [7, 11) is 4.64. The van der Waals surface area contributed by atoms with Gasteiger partial charge in [-0.1, -0.05) is 18.2 Å². The minimum Gasteiger partial charge on any atom is -0.493 e. The van der Waals surface area contributed by atoms with Gasteiger partial charge in [0, 0.05) is 0 Å². The van der Waals surface area contributed by atoms with E-state index in [2.05, 4.69) is 4.74 Å². The molecule has 0 heterocycles. The predicted molar refractivity (Wildman–Crippen MR) is 84.7 cm³/mol. The fourth-order valence-electron chi connectivity index (χ4n) is 2.25. The molecule has 22 heavy (non-hydrogen) atoms. The van der Waals surface area contributed by atoms with Crippen molar-refractivity contribution in [3.05, 3.63) is 59.2 Å². The first kappa shape index (κ1) is 15.9. The van der Waals surface area contributed by atoms with Crippen LogP contribution in [0.4, 0.5) is 0 Å². The molecule has 0 saturated heterocycles. The summed E-state index contributed by atoms with van der Waals surface area (Å²) in [6.07, 6.45) is 1.77. The van der Waals surface area contributed by atoms with Crippen LogP contribution in [-0.4, -0.2) is 27.3 Å². The predicted octanol–water partition coefficient (Wildman–Crippen LogP) is 3.28. The molecule has 116 valence electrons. The molecule has 0 atom stereocenters.